The van der Waals surface area contributed by atoms with Crippen LogP contribution in [0.1, 0.15) is 22.3 Å². The second kappa shape index (κ2) is 6.26. The summed E-state index contributed by atoms with van der Waals surface area (Å²) in [7, 11) is 0. The molecule has 0 aliphatic rings. The van der Waals surface area contributed by atoms with Crippen LogP contribution < -0.4 is 5.32 Å². The first kappa shape index (κ1) is 15.5. The fourth-order valence-electron chi connectivity index (χ4n) is 2.17. The third kappa shape index (κ3) is 3.61. The minimum absolute atomic E-state index is 0.127. The Bertz CT molecular complexity index is 699. The van der Waals surface area contributed by atoms with Gasteiger partial charge >= 0.3 is 0 Å². The van der Waals surface area contributed by atoms with Crippen molar-refractivity contribution in [3.05, 3.63) is 67.2 Å². The number of hydrogen-bond acceptors (Lipinski definition) is 3. The molecule has 0 saturated heterocycles. The predicted octanol–water partition coefficient (Wildman–Crippen LogP) is 4.89. The molecule has 0 bridgehead atoms. The lowest BCUT2D eigenvalue weighted by Gasteiger charge is -2.12. The summed E-state index contributed by atoms with van der Waals surface area (Å²) in [4.78, 5) is 10.7. The highest BCUT2D eigenvalue weighted by Crippen LogP contribution is 2.31. The minimum Gasteiger partial charge on any atom is -0.380 e. The van der Waals surface area contributed by atoms with Crippen LogP contribution in [0, 0.1) is 30.9 Å². The maximum Gasteiger partial charge on any atom is 0.274 e. The van der Waals surface area contributed by atoms with E-state index in [0.29, 0.717) is 12.1 Å². The molecule has 0 amide bonds. The SMILES string of the molecule is Cc1ccc(C)c(CNc2cc([N+](=O)[O-])c(C)cc2Br)c1. The van der Waals surface area contributed by atoms with E-state index < -0.39 is 0 Å². The Hall–Kier alpha value is -1.88. The lowest BCUT2D eigenvalue weighted by molar-refractivity contribution is -0.385. The Morgan fingerprint density at radius 1 is 1.14 bits per heavy atom. The number of nitrogens with one attached hydrogen (secondary N) is 1. The van der Waals surface area contributed by atoms with Crippen molar-refractivity contribution in [2.45, 2.75) is 27.3 Å². The predicted molar refractivity (Wildman–Crippen MR) is 88.8 cm³/mol. The monoisotopic (exact) mass is 348 g/mol. The average Bonchev–Trinajstić information content (AvgIpc) is 2.41. The zero-order valence-electron chi connectivity index (χ0n) is 12.2. The van der Waals surface area contributed by atoms with E-state index in [0.717, 1.165) is 10.2 Å². The summed E-state index contributed by atoms with van der Waals surface area (Å²) in [6.45, 7) is 6.47. The molecule has 4 nitrogen and oxygen atoms in total. The van der Waals surface area contributed by atoms with Crippen molar-refractivity contribution in [3.63, 3.8) is 0 Å². The van der Waals surface area contributed by atoms with Crippen LogP contribution in [-0.4, -0.2) is 4.92 Å². The van der Waals surface area contributed by atoms with Crippen molar-refractivity contribution in [1.29, 1.82) is 0 Å². The quantitative estimate of drug-likeness (QED) is 0.631. The van der Waals surface area contributed by atoms with Crippen LogP contribution in [-0.2, 0) is 6.54 Å². The summed E-state index contributed by atoms with van der Waals surface area (Å²) >= 11 is 3.45. The van der Waals surface area contributed by atoms with Gasteiger partial charge < -0.3 is 5.32 Å². The van der Waals surface area contributed by atoms with Gasteiger partial charge in [-0.25, -0.2) is 0 Å². The van der Waals surface area contributed by atoms with Gasteiger partial charge in [0.15, 0.2) is 0 Å². The topological polar surface area (TPSA) is 55.2 Å². The average molecular weight is 349 g/mol. The summed E-state index contributed by atoms with van der Waals surface area (Å²) in [5, 5.41) is 14.3. The summed E-state index contributed by atoms with van der Waals surface area (Å²) in [6.07, 6.45) is 0. The van der Waals surface area contributed by atoms with Gasteiger partial charge in [-0.05, 0) is 53.9 Å². The molecule has 0 heterocycles. The first-order valence-electron chi connectivity index (χ1n) is 6.63. The maximum absolute atomic E-state index is 11.0. The van der Waals surface area contributed by atoms with Gasteiger partial charge in [0.05, 0.1) is 10.6 Å². The van der Waals surface area contributed by atoms with Crippen molar-refractivity contribution >= 4 is 27.3 Å². The van der Waals surface area contributed by atoms with Crippen LogP contribution in [0.25, 0.3) is 0 Å². The van der Waals surface area contributed by atoms with E-state index in [1.165, 1.54) is 16.7 Å². The molecule has 2 rings (SSSR count). The number of nitro benzene ring substituents is 1. The number of nitro groups is 1. The summed E-state index contributed by atoms with van der Waals surface area (Å²) in [5.74, 6) is 0. The molecule has 2 aromatic carbocycles. The molecule has 2 aromatic rings. The first-order valence-corrected chi connectivity index (χ1v) is 7.42. The standard InChI is InChI=1S/C16H17BrN2O2/c1-10-4-5-11(2)13(6-10)9-18-15-8-16(19(20)21)12(3)7-14(15)17/h4-8,18H,9H2,1-3H3. The van der Waals surface area contributed by atoms with Crippen LogP contribution in [0.2, 0.25) is 0 Å². The van der Waals surface area contributed by atoms with Gasteiger partial charge in [0.2, 0.25) is 0 Å². The van der Waals surface area contributed by atoms with E-state index in [-0.39, 0.29) is 10.6 Å². The van der Waals surface area contributed by atoms with Crippen molar-refractivity contribution in [2.75, 3.05) is 5.32 Å². The Kier molecular flexibility index (Phi) is 4.63. The zero-order valence-corrected chi connectivity index (χ0v) is 13.8. The third-order valence-corrected chi connectivity index (χ3v) is 4.11. The minimum atomic E-state index is -0.356. The number of hydrogen-bond donors (Lipinski definition) is 1. The molecule has 0 saturated carbocycles. The Labute approximate surface area is 132 Å². The molecule has 0 fully saturated rings. The number of halogens is 1. The summed E-state index contributed by atoms with van der Waals surface area (Å²) in [5.41, 5.74) is 5.08. The van der Waals surface area contributed by atoms with Gasteiger partial charge in [0.25, 0.3) is 5.69 Å². The highest BCUT2D eigenvalue weighted by Gasteiger charge is 2.14. The first-order chi connectivity index (χ1) is 9.88. The number of rotatable bonds is 4. The molecule has 0 radical (unpaired) electrons. The number of benzene rings is 2. The maximum atomic E-state index is 11.0. The van der Waals surface area contributed by atoms with Gasteiger partial charge in [0, 0.05) is 22.6 Å². The second-order valence-electron chi connectivity index (χ2n) is 5.16. The number of aryl methyl sites for hydroxylation is 3. The molecule has 21 heavy (non-hydrogen) atoms. The van der Waals surface area contributed by atoms with Crippen LogP contribution in [0.4, 0.5) is 11.4 Å². The van der Waals surface area contributed by atoms with E-state index in [2.05, 4.69) is 53.3 Å². The van der Waals surface area contributed by atoms with Crippen molar-refractivity contribution in [2.24, 2.45) is 0 Å². The molecule has 1 N–H and O–H groups in total. The van der Waals surface area contributed by atoms with Gasteiger partial charge in [-0.2, -0.15) is 0 Å². The molecule has 0 unspecified atom stereocenters. The summed E-state index contributed by atoms with van der Waals surface area (Å²) < 4.78 is 0.830. The lowest BCUT2D eigenvalue weighted by Crippen LogP contribution is -2.03. The van der Waals surface area contributed by atoms with Crippen molar-refractivity contribution in [3.8, 4) is 0 Å². The van der Waals surface area contributed by atoms with E-state index >= 15 is 0 Å². The molecule has 0 aromatic heterocycles. The normalized spacial score (nSPS) is 10.5. The van der Waals surface area contributed by atoms with Crippen molar-refractivity contribution in [1.82, 2.24) is 0 Å². The van der Waals surface area contributed by atoms with E-state index in [1.54, 1.807) is 19.1 Å². The Balaban J connectivity index is 2.25. The lowest BCUT2D eigenvalue weighted by atomic mass is 10.1. The highest BCUT2D eigenvalue weighted by molar-refractivity contribution is 9.10. The van der Waals surface area contributed by atoms with Crippen LogP contribution >= 0.6 is 15.9 Å². The zero-order chi connectivity index (χ0) is 15.6. The molecule has 0 atom stereocenters. The smallest absolute Gasteiger partial charge is 0.274 e. The number of nitrogens with zero attached hydrogens (tertiary/aromatic N) is 1. The third-order valence-electron chi connectivity index (χ3n) is 3.46. The molecule has 0 aliphatic heterocycles. The van der Waals surface area contributed by atoms with Crippen molar-refractivity contribution < 1.29 is 4.92 Å². The Morgan fingerprint density at radius 2 is 1.86 bits per heavy atom. The van der Waals surface area contributed by atoms with E-state index in [9.17, 15) is 10.1 Å². The highest BCUT2D eigenvalue weighted by atomic mass is 79.9. The Morgan fingerprint density at radius 3 is 2.52 bits per heavy atom. The molecular formula is C16H17BrN2O2. The van der Waals surface area contributed by atoms with Crippen LogP contribution in [0.5, 0.6) is 0 Å². The summed E-state index contributed by atoms with van der Waals surface area (Å²) in [6, 6.07) is 9.62. The van der Waals surface area contributed by atoms with E-state index in [1.807, 2.05) is 0 Å². The van der Waals surface area contributed by atoms with E-state index in [4.69, 9.17) is 0 Å². The van der Waals surface area contributed by atoms with Gasteiger partial charge in [-0.3, -0.25) is 10.1 Å². The van der Waals surface area contributed by atoms with Gasteiger partial charge in [-0.15, -0.1) is 0 Å². The van der Waals surface area contributed by atoms with Gasteiger partial charge in [0.1, 0.15) is 0 Å². The molecule has 5 heteroatoms. The fraction of sp³-hybridized carbons (Fsp3) is 0.250. The molecule has 0 spiro atoms. The molecular weight excluding hydrogens is 332 g/mol. The van der Waals surface area contributed by atoms with Crippen LogP contribution in [0.3, 0.4) is 0 Å². The largest absolute Gasteiger partial charge is 0.380 e. The number of anilines is 1. The second-order valence-corrected chi connectivity index (χ2v) is 6.01. The fourth-order valence-corrected chi connectivity index (χ4v) is 2.77. The van der Waals surface area contributed by atoms with Gasteiger partial charge in [-0.1, -0.05) is 23.8 Å². The molecule has 110 valence electrons. The molecule has 0 aliphatic carbocycles. The van der Waals surface area contributed by atoms with Crippen LogP contribution in [0.15, 0.2) is 34.8 Å².